The number of nitrogens with one attached hydrogen (secondary N) is 1. The van der Waals surface area contributed by atoms with E-state index in [-0.39, 0.29) is 5.57 Å². The molecule has 106 valence electrons. The van der Waals surface area contributed by atoms with Crippen molar-refractivity contribution < 1.29 is 9.21 Å². The molecular formula is C14H7Br2IN2O2. The quantitative estimate of drug-likeness (QED) is 0.353. The number of nitriles is 1. The fraction of sp³-hybridized carbons (Fsp3) is 0. The molecule has 0 saturated carbocycles. The maximum atomic E-state index is 12.1. The normalized spacial score (nSPS) is 11.0. The van der Waals surface area contributed by atoms with E-state index in [1.54, 1.807) is 30.3 Å². The Morgan fingerprint density at radius 3 is 2.52 bits per heavy atom. The van der Waals surface area contributed by atoms with Crippen LogP contribution in [-0.4, -0.2) is 5.91 Å². The van der Waals surface area contributed by atoms with Gasteiger partial charge in [-0.25, -0.2) is 0 Å². The predicted molar refractivity (Wildman–Crippen MR) is 95.5 cm³/mol. The van der Waals surface area contributed by atoms with E-state index in [1.807, 2.05) is 28.7 Å². The summed E-state index contributed by atoms with van der Waals surface area (Å²) in [5, 5.41) is 11.8. The van der Waals surface area contributed by atoms with Crippen molar-refractivity contribution in [3.63, 3.8) is 0 Å². The highest BCUT2D eigenvalue weighted by atomic mass is 127. The predicted octanol–water partition coefficient (Wildman–Crippen LogP) is 4.95. The minimum Gasteiger partial charge on any atom is -0.450 e. The Labute approximate surface area is 151 Å². The van der Waals surface area contributed by atoms with Gasteiger partial charge in [0, 0.05) is 38.8 Å². The zero-order valence-electron chi connectivity index (χ0n) is 10.4. The molecule has 0 saturated heterocycles. The molecule has 1 amide bonds. The van der Waals surface area contributed by atoms with Gasteiger partial charge in [0.2, 0.25) is 0 Å². The number of furan rings is 1. The highest BCUT2D eigenvalue weighted by Gasteiger charge is 2.12. The van der Waals surface area contributed by atoms with Crippen LogP contribution in [0.3, 0.4) is 0 Å². The number of hydrogen-bond acceptors (Lipinski definition) is 3. The standard InChI is InChI=1S/C14H7Br2IN2O2/c15-9-1-3-10(4-2-9)19-14(20)8(7-18)5-11-6-12(16)13(17)21-11/h1-6H,(H,19,20)/b8-5-. The summed E-state index contributed by atoms with van der Waals surface area (Å²) in [6.45, 7) is 0. The van der Waals surface area contributed by atoms with Gasteiger partial charge in [-0.15, -0.1) is 0 Å². The molecular weight excluding hydrogens is 515 g/mol. The molecule has 0 radical (unpaired) electrons. The van der Waals surface area contributed by atoms with Gasteiger partial charge >= 0.3 is 0 Å². The Morgan fingerprint density at radius 2 is 2.00 bits per heavy atom. The van der Waals surface area contributed by atoms with E-state index in [0.717, 1.165) is 8.95 Å². The summed E-state index contributed by atoms with van der Waals surface area (Å²) in [4.78, 5) is 12.1. The largest absolute Gasteiger partial charge is 0.450 e. The van der Waals surface area contributed by atoms with Crippen LogP contribution in [0.5, 0.6) is 0 Å². The van der Waals surface area contributed by atoms with Gasteiger partial charge in [0.05, 0.1) is 4.47 Å². The maximum Gasteiger partial charge on any atom is 0.266 e. The fourth-order valence-electron chi connectivity index (χ4n) is 1.46. The number of rotatable bonds is 3. The lowest BCUT2D eigenvalue weighted by molar-refractivity contribution is -0.112. The average Bonchev–Trinajstić information content (AvgIpc) is 2.77. The summed E-state index contributed by atoms with van der Waals surface area (Å²) >= 11 is 8.63. The molecule has 0 unspecified atom stereocenters. The molecule has 2 aromatic rings. The minimum absolute atomic E-state index is 0.0319. The summed E-state index contributed by atoms with van der Waals surface area (Å²) in [6.07, 6.45) is 1.40. The van der Waals surface area contributed by atoms with Crippen molar-refractivity contribution in [2.24, 2.45) is 0 Å². The molecule has 4 nitrogen and oxygen atoms in total. The zero-order valence-corrected chi connectivity index (χ0v) is 15.7. The third kappa shape index (κ3) is 4.43. The van der Waals surface area contributed by atoms with Gasteiger partial charge in [0.15, 0.2) is 3.77 Å². The molecule has 0 bridgehead atoms. The van der Waals surface area contributed by atoms with Crippen molar-refractivity contribution in [3.8, 4) is 6.07 Å². The first-order valence-electron chi connectivity index (χ1n) is 5.63. The Balaban J connectivity index is 2.19. The van der Waals surface area contributed by atoms with Crippen LogP contribution >= 0.6 is 54.5 Å². The van der Waals surface area contributed by atoms with Crippen LogP contribution in [0.4, 0.5) is 5.69 Å². The second kappa shape index (κ2) is 7.24. The van der Waals surface area contributed by atoms with Gasteiger partial charge < -0.3 is 9.73 Å². The Kier molecular flexibility index (Phi) is 5.61. The van der Waals surface area contributed by atoms with E-state index >= 15 is 0 Å². The Hall–Kier alpha value is -1.11. The molecule has 1 aromatic carbocycles. The molecule has 2 rings (SSSR count). The summed E-state index contributed by atoms with van der Waals surface area (Å²) in [5.74, 6) is -0.0452. The Morgan fingerprint density at radius 1 is 1.33 bits per heavy atom. The van der Waals surface area contributed by atoms with Gasteiger partial charge in [0.1, 0.15) is 17.4 Å². The van der Waals surface area contributed by atoms with Gasteiger partial charge in [-0.1, -0.05) is 15.9 Å². The third-order valence-corrected chi connectivity index (χ3v) is 5.08. The third-order valence-electron chi connectivity index (χ3n) is 2.42. The van der Waals surface area contributed by atoms with E-state index in [2.05, 4.69) is 37.2 Å². The average molecular weight is 522 g/mol. The van der Waals surface area contributed by atoms with Crippen LogP contribution in [-0.2, 0) is 4.79 Å². The van der Waals surface area contributed by atoms with Crippen molar-refractivity contribution in [3.05, 3.63) is 54.4 Å². The van der Waals surface area contributed by atoms with Gasteiger partial charge in [0.25, 0.3) is 5.91 Å². The van der Waals surface area contributed by atoms with Crippen molar-refractivity contribution in [1.82, 2.24) is 0 Å². The van der Waals surface area contributed by atoms with Crippen LogP contribution in [0.15, 0.2) is 49.3 Å². The summed E-state index contributed by atoms with van der Waals surface area (Å²) in [6, 6.07) is 10.7. The summed E-state index contributed by atoms with van der Waals surface area (Å²) in [7, 11) is 0. The van der Waals surface area contributed by atoms with Crippen molar-refractivity contribution >= 4 is 72.1 Å². The van der Waals surface area contributed by atoms with Crippen molar-refractivity contribution in [2.75, 3.05) is 5.32 Å². The molecule has 0 atom stereocenters. The van der Waals surface area contributed by atoms with Crippen LogP contribution < -0.4 is 5.32 Å². The summed E-state index contributed by atoms with van der Waals surface area (Å²) < 4.78 is 7.73. The second-order valence-electron chi connectivity index (χ2n) is 3.90. The number of amides is 1. The lowest BCUT2D eigenvalue weighted by atomic mass is 10.2. The van der Waals surface area contributed by atoms with E-state index in [9.17, 15) is 4.79 Å². The maximum absolute atomic E-state index is 12.1. The lowest BCUT2D eigenvalue weighted by Crippen LogP contribution is -2.13. The molecule has 0 spiro atoms. The van der Waals surface area contributed by atoms with Gasteiger partial charge in [-0.05, 0) is 46.3 Å². The topological polar surface area (TPSA) is 66.0 Å². The molecule has 1 N–H and O–H groups in total. The SMILES string of the molecule is N#C/C(=C/c1cc(Br)c(I)o1)C(=O)Nc1ccc(Br)cc1. The van der Waals surface area contributed by atoms with E-state index in [1.165, 1.54) is 6.08 Å². The van der Waals surface area contributed by atoms with Gasteiger partial charge in [-0.3, -0.25) is 4.79 Å². The van der Waals surface area contributed by atoms with Crippen LogP contribution in [0.25, 0.3) is 6.08 Å². The molecule has 1 aromatic heterocycles. The number of nitrogens with zero attached hydrogens (tertiary/aromatic N) is 1. The van der Waals surface area contributed by atoms with Crippen LogP contribution in [0.2, 0.25) is 0 Å². The highest BCUT2D eigenvalue weighted by molar-refractivity contribution is 14.1. The molecule has 21 heavy (non-hydrogen) atoms. The number of anilines is 1. The fourth-order valence-corrected chi connectivity index (χ4v) is 2.44. The van der Waals surface area contributed by atoms with E-state index < -0.39 is 5.91 Å². The monoisotopic (exact) mass is 520 g/mol. The number of halogens is 3. The molecule has 1 heterocycles. The summed E-state index contributed by atoms with van der Waals surface area (Å²) in [5.41, 5.74) is 0.579. The molecule has 0 aliphatic heterocycles. The first-order chi connectivity index (χ1) is 9.99. The van der Waals surface area contributed by atoms with Crippen molar-refractivity contribution in [1.29, 1.82) is 5.26 Å². The first-order valence-corrected chi connectivity index (χ1v) is 8.29. The molecule has 0 fully saturated rings. The zero-order chi connectivity index (χ0) is 15.4. The van der Waals surface area contributed by atoms with Gasteiger partial charge in [-0.2, -0.15) is 5.26 Å². The van der Waals surface area contributed by atoms with Crippen molar-refractivity contribution in [2.45, 2.75) is 0 Å². The molecule has 0 aliphatic carbocycles. The van der Waals surface area contributed by atoms with E-state index in [4.69, 9.17) is 9.68 Å². The smallest absolute Gasteiger partial charge is 0.266 e. The molecule has 0 aliphatic rings. The van der Waals surface area contributed by atoms with E-state index in [0.29, 0.717) is 15.2 Å². The minimum atomic E-state index is -0.484. The highest BCUT2D eigenvalue weighted by Crippen LogP contribution is 2.24. The molecule has 7 heteroatoms. The second-order valence-corrected chi connectivity index (χ2v) is 6.65. The Bertz CT molecular complexity index is 726. The number of benzene rings is 1. The van der Waals surface area contributed by atoms with Crippen LogP contribution in [0.1, 0.15) is 5.76 Å². The first kappa shape index (κ1) is 16.3. The lowest BCUT2D eigenvalue weighted by Gasteiger charge is -2.03. The number of carbonyl (C=O) groups excluding carboxylic acids is 1. The van der Waals surface area contributed by atoms with Crippen LogP contribution in [0, 0.1) is 15.1 Å². The number of hydrogen-bond donors (Lipinski definition) is 1. The number of carbonyl (C=O) groups is 1.